The molecule has 1 unspecified atom stereocenters. The van der Waals surface area contributed by atoms with E-state index in [0.29, 0.717) is 10.2 Å². The van der Waals surface area contributed by atoms with E-state index < -0.39 is 0 Å². The smallest absolute Gasteiger partial charge is 0.234 e. The normalized spacial score (nSPS) is 12.2. The van der Waals surface area contributed by atoms with Crippen LogP contribution in [0.25, 0.3) is 5.69 Å². The number of rotatable bonds is 8. The Morgan fingerprint density at radius 2 is 1.87 bits per heavy atom. The number of halogens is 1. The largest absolute Gasteiger partial charge is 0.325 e. The van der Waals surface area contributed by atoms with Crippen molar-refractivity contribution in [3.63, 3.8) is 0 Å². The molecule has 3 rings (SSSR count). The van der Waals surface area contributed by atoms with Gasteiger partial charge in [0.05, 0.1) is 11.8 Å². The molecule has 1 aromatic heterocycles. The fourth-order valence-electron chi connectivity index (χ4n) is 2.98. The minimum atomic E-state index is -0.0752. The van der Waals surface area contributed by atoms with E-state index in [1.807, 2.05) is 67.2 Å². The van der Waals surface area contributed by atoms with Crippen molar-refractivity contribution in [1.82, 2.24) is 19.7 Å². The molecule has 1 amide bonds. The summed E-state index contributed by atoms with van der Waals surface area (Å²) < 4.78 is 1.99. The maximum absolute atomic E-state index is 12.6. The summed E-state index contributed by atoms with van der Waals surface area (Å²) in [7, 11) is 3.99. The van der Waals surface area contributed by atoms with E-state index in [9.17, 15) is 4.79 Å². The third-order valence-electron chi connectivity index (χ3n) is 4.90. The monoisotopic (exact) mass is 443 g/mol. The predicted octanol–water partition coefficient (Wildman–Crippen LogP) is 4.84. The van der Waals surface area contributed by atoms with Crippen LogP contribution < -0.4 is 5.32 Å². The Hall–Kier alpha value is -2.35. The molecule has 0 saturated carbocycles. The SMILES string of the molecule is CCc1ccccc1NC(=O)CSc1nnc(C(C)N(C)C)n1-c1ccc(Cl)cc1. The summed E-state index contributed by atoms with van der Waals surface area (Å²) in [5.41, 5.74) is 2.88. The Labute approximate surface area is 186 Å². The highest BCUT2D eigenvalue weighted by Gasteiger charge is 2.21. The van der Waals surface area contributed by atoms with Crippen molar-refractivity contribution in [3.8, 4) is 5.69 Å². The third kappa shape index (κ3) is 5.22. The van der Waals surface area contributed by atoms with Crippen LogP contribution >= 0.6 is 23.4 Å². The van der Waals surface area contributed by atoms with E-state index in [0.717, 1.165) is 29.2 Å². The zero-order chi connectivity index (χ0) is 21.7. The van der Waals surface area contributed by atoms with Crippen LogP contribution in [0.4, 0.5) is 5.69 Å². The molecule has 8 heteroatoms. The molecule has 2 aromatic carbocycles. The molecule has 3 aromatic rings. The van der Waals surface area contributed by atoms with Gasteiger partial charge in [-0.15, -0.1) is 10.2 Å². The molecule has 0 spiro atoms. The number of amides is 1. The Morgan fingerprint density at radius 3 is 2.53 bits per heavy atom. The molecule has 1 N–H and O–H groups in total. The van der Waals surface area contributed by atoms with Gasteiger partial charge in [-0.2, -0.15) is 0 Å². The second-order valence-corrected chi connectivity index (χ2v) is 8.52. The maximum Gasteiger partial charge on any atom is 0.234 e. The van der Waals surface area contributed by atoms with Crippen LogP contribution in [0.1, 0.15) is 31.3 Å². The number of benzene rings is 2. The lowest BCUT2D eigenvalue weighted by Gasteiger charge is -2.20. The molecular weight excluding hydrogens is 418 g/mol. The minimum absolute atomic E-state index is 0.0489. The van der Waals surface area contributed by atoms with Crippen LogP contribution in [0, 0.1) is 0 Å². The Kier molecular flexibility index (Phi) is 7.53. The third-order valence-corrected chi connectivity index (χ3v) is 6.08. The molecule has 0 bridgehead atoms. The van der Waals surface area contributed by atoms with E-state index in [1.165, 1.54) is 11.8 Å². The first kappa shape index (κ1) is 22.3. The van der Waals surface area contributed by atoms with Crippen LogP contribution in [-0.2, 0) is 11.2 Å². The van der Waals surface area contributed by atoms with Gasteiger partial charge < -0.3 is 5.32 Å². The van der Waals surface area contributed by atoms with Gasteiger partial charge >= 0.3 is 0 Å². The molecule has 30 heavy (non-hydrogen) atoms. The second-order valence-electron chi connectivity index (χ2n) is 7.14. The number of carbonyl (C=O) groups is 1. The molecule has 1 heterocycles. The summed E-state index contributed by atoms with van der Waals surface area (Å²) in [5, 5.41) is 13.1. The lowest BCUT2D eigenvalue weighted by Crippen LogP contribution is -2.21. The van der Waals surface area contributed by atoms with E-state index in [-0.39, 0.29) is 17.7 Å². The molecule has 0 fully saturated rings. The summed E-state index contributed by atoms with van der Waals surface area (Å²) in [6.07, 6.45) is 0.861. The van der Waals surface area contributed by atoms with Gasteiger partial charge in [-0.25, -0.2) is 0 Å². The number of hydrogen-bond donors (Lipinski definition) is 1. The number of aromatic nitrogens is 3. The van der Waals surface area contributed by atoms with E-state index in [1.54, 1.807) is 0 Å². The van der Waals surface area contributed by atoms with Gasteiger partial charge in [0.15, 0.2) is 11.0 Å². The van der Waals surface area contributed by atoms with Crippen molar-refractivity contribution >= 4 is 35.0 Å². The number of carbonyl (C=O) groups excluding carboxylic acids is 1. The highest BCUT2D eigenvalue weighted by atomic mass is 35.5. The minimum Gasteiger partial charge on any atom is -0.325 e. The molecule has 158 valence electrons. The van der Waals surface area contributed by atoms with Crippen molar-refractivity contribution in [2.24, 2.45) is 0 Å². The number of nitrogens with one attached hydrogen (secondary N) is 1. The molecule has 0 aliphatic carbocycles. The standard InChI is InChI=1S/C22H26ClN5OS/c1-5-16-8-6-7-9-19(16)24-20(29)14-30-22-26-25-21(15(2)27(3)4)28(22)18-12-10-17(23)11-13-18/h6-13,15H,5,14H2,1-4H3,(H,24,29). The lowest BCUT2D eigenvalue weighted by atomic mass is 10.1. The number of para-hydroxylation sites is 1. The van der Waals surface area contributed by atoms with Crippen molar-refractivity contribution in [2.75, 3.05) is 25.2 Å². The average molecular weight is 444 g/mol. The van der Waals surface area contributed by atoms with Gasteiger partial charge in [-0.05, 0) is 63.3 Å². The van der Waals surface area contributed by atoms with Gasteiger partial charge in [0.1, 0.15) is 0 Å². The first-order valence-corrected chi connectivity index (χ1v) is 11.1. The Balaban J connectivity index is 1.81. The van der Waals surface area contributed by atoms with Crippen LogP contribution in [0.2, 0.25) is 5.02 Å². The predicted molar refractivity (Wildman–Crippen MR) is 124 cm³/mol. The fraction of sp³-hybridized carbons (Fsp3) is 0.318. The topological polar surface area (TPSA) is 63.1 Å². The fourth-order valence-corrected chi connectivity index (χ4v) is 3.86. The zero-order valence-electron chi connectivity index (χ0n) is 17.6. The van der Waals surface area contributed by atoms with Gasteiger partial charge in [-0.1, -0.05) is 48.5 Å². The molecule has 0 aliphatic heterocycles. The van der Waals surface area contributed by atoms with Gasteiger partial charge in [0, 0.05) is 16.4 Å². The summed E-state index contributed by atoms with van der Waals surface area (Å²) in [5.74, 6) is 0.968. The van der Waals surface area contributed by atoms with E-state index >= 15 is 0 Å². The van der Waals surface area contributed by atoms with Gasteiger partial charge in [0.25, 0.3) is 0 Å². The number of anilines is 1. The summed E-state index contributed by atoms with van der Waals surface area (Å²) >= 11 is 7.43. The van der Waals surface area contributed by atoms with Crippen molar-refractivity contribution in [3.05, 3.63) is 64.9 Å². The number of thioether (sulfide) groups is 1. The number of aryl methyl sites for hydroxylation is 1. The second kappa shape index (κ2) is 10.1. The Bertz CT molecular complexity index is 1000. The Morgan fingerprint density at radius 1 is 1.17 bits per heavy atom. The van der Waals surface area contributed by atoms with Crippen LogP contribution in [0.15, 0.2) is 53.7 Å². The molecular formula is C22H26ClN5OS. The summed E-state index contributed by atoms with van der Waals surface area (Å²) in [6, 6.07) is 15.4. The number of hydrogen-bond acceptors (Lipinski definition) is 5. The van der Waals surface area contributed by atoms with Crippen LogP contribution in [0.3, 0.4) is 0 Å². The first-order chi connectivity index (χ1) is 14.4. The van der Waals surface area contributed by atoms with Gasteiger partial charge in [0.2, 0.25) is 5.91 Å². The molecule has 1 atom stereocenters. The van der Waals surface area contributed by atoms with E-state index in [4.69, 9.17) is 11.6 Å². The van der Waals surface area contributed by atoms with E-state index in [2.05, 4.69) is 34.3 Å². The lowest BCUT2D eigenvalue weighted by molar-refractivity contribution is -0.113. The van der Waals surface area contributed by atoms with Crippen LogP contribution in [-0.4, -0.2) is 45.4 Å². The molecule has 0 saturated heterocycles. The number of nitrogens with zero attached hydrogens (tertiary/aromatic N) is 4. The molecule has 0 radical (unpaired) electrons. The molecule has 6 nitrogen and oxygen atoms in total. The van der Waals surface area contributed by atoms with Gasteiger partial charge in [-0.3, -0.25) is 14.3 Å². The first-order valence-electron chi connectivity index (χ1n) is 9.79. The summed E-state index contributed by atoms with van der Waals surface area (Å²) in [6.45, 7) is 4.14. The zero-order valence-corrected chi connectivity index (χ0v) is 19.2. The highest BCUT2D eigenvalue weighted by molar-refractivity contribution is 7.99. The summed E-state index contributed by atoms with van der Waals surface area (Å²) in [4.78, 5) is 14.6. The van der Waals surface area contributed by atoms with Crippen molar-refractivity contribution in [2.45, 2.75) is 31.5 Å². The molecule has 0 aliphatic rings. The highest BCUT2D eigenvalue weighted by Crippen LogP contribution is 2.27. The quantitative estimate of drug-likeness (QED) is 0.505. The van der Waals surface area contributed by atoms with Crippen molar-refractivity contribution in [1.29, 1.82) is 0 Å². The average Bonchev–Trinajstić information content (AvgIpc) is 3.16. The van der Waals surface area contributed by atoms with Crippen LogP contribution in [0.5, 0.6) is 0 Å². The van der Waals surface area contributed by atoms with Crippen molar-refractivity contribution < 1.29 is 4.79 Å². The maximum atomic E-state index is 12.6.